The van der Waals surface area contributed by atoms with Crippen LogP contribution >= 0.6 is 11.6 Å². The summed E-state index contributed by atoms with van der Waals surface area (Å²) in [5, 5.41) is 7.70. The third-order valence-electron chi connectivity index (χ3n) is 4.29. The van der Waals surface area contributed by atoms with Crippen LogP contribution in [0.15, 0.2) is 30.5 Å². The van der Waals surface area contributed by atoms with E-state index < -0.39 is 0 Å². The van der Waals surface area contributed by atoms with E-state index in [4.69, 9.17) is 11.6 Å². The van der Waals surface area contributed by atoms with E-state index in [0.717, 1.165) is 37.3 Å². The first-order valence-electron chi connectivity index (χ1n) is 8.16. The number of rotatable bonds is 3. The minimum atomic E-state index is -0.382. The summed E-state index contributed by atoms with van der Waals surface area (Å²) in [6.07, 6.45) is 3.94. The van der Waals surface area contributed by atoms with Gasteiger partial charge in [0, 0.05) is 30.0 Å². The van der Waals surface area contributed by atoms with Gasteiger partial charge >= 0.3 is 0 Å². The van der Waals surface area contributed by atoms with Crippen LogP contribution in [0, 0.1) is 6.92 Å². The first-order valence-corrected chi connectivity index (χ1v) is 8.54. The summed E-state index contributed by atoms with van der Waals surface area (Å²) in [6.45, 7) is 3.83. The van der Waals surface area contributed by atoms with Gasteiger partial charge in [0.05, 0.1) is 11.4 Å². The minimum Gasteiger partial charge on any atom is -0.370 e. The number of hydrogen-bond donors (Lipinski definition) is 1. The van der Waals surface area contributed by atoms with E-state index in [1.54, 1.807) is 16.8 Å². The predicted octanol–water partition coefficient (Wildman–Crippen LogP) is 2.94. The highest BCUT2D eigenvalue weighted by molar-refractivity contribution is 6.31. The zero-order chi connectivity index (χ0) is 17.4. The van der Waals surface area contributed by atoms with Crippen LogP contribution in [0.1, 0.15) is 29.2 Å². The van der Waals surface area contributed by atoms with E-state index in [1.807, 2.05) is 25.1 Å². The third-order valence-corrected chi connectivity index (χ3v) is 4.52. The van der Waals surface area contributed by atoms with E-state index in [0.29, 0.717) is 16.5 Å². The maximum Gasteiger partial charge on any atom is 0.295 e. The van der Waals surface area contributed by atoms with Crippen molar-refractivity contribution in [1.29, 1.82) is 0 Å². The average Bonchev–Trinajstić information content (AvgIpc) is 3.25. The first-order chi connectivity index (χ1) is 12.1. The van der Waals surface area contributed by atoms with Crippen molar-refractivity contribution >= 4 is 34.7 Å². The molecule has 0 spiro atoms. The van der Waals surface area contributed by atoms with E-state index in [9.17, 15) is 4.79 Å². The number of benzene rings is 1. The molecule has 3 aromatic rings. The number of amides is 1. The Hall–Kier alpha value is -2.67. The maximum absolute atomic E-state index is 12.6. The van der Waals surface area contributed by atoms with Crippen molar-refractivity contribution in [3.05, 3.63) is 47.0 Å². The monoisotopic (exact) mass is 356 g/mol. The van der Waals surface area contributed by atoms with Crippen molar-refractivity contribution in [1.82, 2.24) is 19.6 Å². The van der Waals surface area contributed by atoms with Gasteiger partial charge in [0.25, 0.3) is 11.7 Å². The molecule has 1 N–H and O–H groups in total. The molecule has 0 unspecified atom stereocenters. The van der Waals surface area contributed by atoms with Gasteiger partial charge in [-0.15, -0.1) is 5.10 Å². The standard InChI is InChI=1S/C17H17ClN6O/c1-11-6-7-19-17-21-15(22-24(11)17)16(25)20-13-10-12(18)4-5-14(13)23-8-2-3-9-23/h4-7,10H,2-3,8-9H2,1H3,(H,20,25). The number of halogens is 1. The number of nitrogens with zero attached hydrogens (tertiary/aromatic N) is 5. The molecular weight excluding hydrogens is 340 g/mol. The molecule has 2 aromatic heterocycles. The number of carbonyl (C=O) groups is 1. The lowest BCUT2D eigenvalue weighted by atomic mass is 10.2. The quantitative estimate of drug-likeness (QED) is 0.780. The second-order valence-electron chi connectivity index (χ2n) is 6.04. The third kappa shape index (κ3) is 3.02. The lowest BCUT2D eigenvalue weighted by molar-refractivity contribution is 0.101. The lowest BCUT2D eigenvalue weighted by Crippen LogP contribution is -2.21. The lowest BCUT2D eigenvalue weighted by Gasteiger charge is -2.21. The largest absolute Gasteiger partial charge is 0.370 e. The molecule has 25 heavy (non-hydrogen) atoms. The Bertz CT molecular complexity index is 947. The summed E-state index contributed by atoms with van der Waals surface area (Å²) in [4.78, 5) is 23.2. The van der Waals surface area contributed by atoms with Crippen molar-refractivity contribution in [2.24, 2.45) is 0 Å². The summed E-state index contributed by atoms with van der Waals surface area (Å²) in [5.41, 5.74) is 2.49. The zero-order valence-electron chi connectivity index (χ0n) is 13.7. The van der Waals surface area contributed by atoms with Gasteiger partial charge in [0.15, 0.2) is 0 Å². The highest BCUT2D eigenvalue weighted by Gasteiger charge is 2.20. The van der Waals surface area contributed by atoms with Crippen molar-refractivity contribution in [2.45, 2.75) is 19.8 Å². The van der Waals surface area contributed by atoms with Crippen LogP contribution in [-0.2, 0) is 0 Å². The van der Waals surface area contributed by atoms with Gasteiger partial charge in [-0.3, -0.25) is 4.79 Å². The molecule has 4 rings (SSSR count). The van der Waals surface area contributed by atoms with Gasteiger partial charge in [0.1, 0.15) is 0 Å². The van der Waals surface area contributed by atoms with E-state index in [-0.39, 0.29) is 11.7 Å². The molecule has 128 valence electrons. The fourth-order valence-electron chi connectivity index (χ4n) is 3.02. The van der Waals surface area contributed by atoms with Crippen LogP contribution in [0.3, 0.4) is 0 Å². The number of aromatic nitrogens is 4. The van der Waals surface area contributed by atoms with Gasteiger partial charge < -0.3 is 10.2 Å². The van der Waals surface area contributed by atoms with Gasteiger partial charge in [-0.05, 0) is 44.0 Å². The number of anilines is 2. The average molecular weight is 357 g/mol. The zero-order valence-corrected chi connectivity index (χ0v) is 14.5. The molecule has 0 bridgehead atoms. The normalized spacial score (nSPS) is 14.2. The van der Waals surface area contributed by atoms with Gasteiger partial charge in [-0.25, -0.2) is 9.50 Å². The second kappa shape index (κ2) is 6.33. The smallest absolute Gasteiger partial charge is 0.295 e. The fourth-order valence-corrected chi connectivity index (χ4v) is 3.20. The van der Waals surface area contributed by atoms with E-state index in [1.165, 1.54) is 0 Å². The highest BCUT2D eigenvalue weighted by Crippen LogP contribution is 2.31. The van der Waals surface area contributed by atoms with E-state index in [2.05, 4.69) is 25.3 Å². The molecule has 0 aliphatic carbocycles. The van der Waals surface area contributed by atoms with Crippen LogP contribution in [0.4, 0.5) is 11.4 Å². The Labute approximate surface area is 149 Å². The maximum atomic E-state index is 12.6. The molecule has 3 heterocycles. The predicted molar refractivity (Wildman–Crippen MR) is 96.4 cm³/mol. The van der Waals surface area contributed by atoms with Gasteiger partial charge in [0.2, 0.25) is 5.82 Å². The molecule has 0 atom stereocenters. The SMILES string of the molecule is Cc1ccnc2nc(C(=O)Nc3cc(Cl)ccc3N3CCCC3)nn12. The van der Waals surface area contributed by atoms with Crippen molar-refractivity contribution in [3.63, 3.8) is 0 Å². The van der Waals surface area contributed by atoms with Crippen LogP contribution in [0.25, 0.3) is 5.78 Å². The Balaban J connectivity index is 1.65. The summed E-state index contributed by atoms with van der Waals surface area (Å²) in [5.74, 6) is 0.0952. The molecule has 1 fully saturated rings. The van der Waals surface area contributed by atoms with Crippen molar-refractivity contribution in [2.75, 3.05) is 23.3 Å². The molecule has 1 amide bonds. The van der Waals surface area contributed by atoms with E-state index >= 15 is 0 Å². The Morgan fingerprint density at radius 2 is 2.04 bits per heavy atom. The van der Waals surface area contributed by atoms with Gasteiger partial charge in [-0.1, -0.05) is 11.6 Å². The van der Waals surface area contributed by atoms with Crippen LogP contribution < -0.4 is 10.2 Å². The van der Waals surface area contributed by atoms with Crippen LogP contribution in [0.5, 0.6) is 0 Å². The van der Waals surface area contributed by atoms with Crippen LogP contribution in [0.2, 0.25) is 5.02 Å². The molecule has 1 aliphatic rings. The number of nitrogens with one attached hydrogen (secondary N) is 1. The molecular formula is C17H17ClN6O. The van der Waals surface area contributed by atoms with Crippen molar-refractivity contribution < 1.29 is 4.79 Å². The Morgan fingerprint density at radius 1 is 1.24 bits per heavy atom. The first kappa shape index (κ1) is 15.8. The minimum absolute atomic E-state index is 0.0779. The number of carbonyl (C=O) groups excluding carboxylic acids is 1. The molecule has 0 radical (unpaired) electrons. The summed E-state index contributed by atoms with van der Waals surface area (Å²) < 4.78 is 1.55. The Morgan fingerprint density at radius 3 is 2.80 bits per heavy atom. The van der Waals surface area contributed by atoms with Gasteiger partial charge in [-0.2, -0.15) is 4.98 Å². The summed E-state index contributed by atoms with van der Waals surface area (Å²) in [7, 11) is 0. The second-order valence-corrected chi connectivity index (χ2v) is 6.48. The number of hydrogen-bond acceptors (Lipinski definition) is 5. The Kier molecular flexibility index (Phi) is 4.01. The highest BCUT2D eigenvalue weighted by atomic mass is 35.5. The molecule has 7 nitrogen and oxygen atoms in total. The summed E-state index contributed by atoms with van der Waals surface area (Å²) in [6, 6.07) is 7.34. The van der Waals surface area contributed by atoms with Crippen molar-refractivity contribution in [3.8, 4) is 0 Å². The fraction of sp³-hybridized carbons (Fsp3) is 0.294. The molecule has 8 heteroatoms. The number of aryl methyl sites for hydroxylation is 1. The number of fused-ring (bicyclic) bond motifs is 1. The molecule has 0 saturated carbocycles. The molecule has 1 aromatic carbocycles. The topological polar surface area (TPSA) is 75.4 Å². The molecule has 1 saturated heterocycles. The summed E-state index contributed by atoms with van der Waals surface area (Å²) >= 11 is 6.12. The molecule has 1 aliphatic heterocycles. The van der Waals surface area contributed by atoms with Crippen LogP contribution in [-0.4, -0.2) is 38.6 Å².